The minimum Gasteiger partial charge on any atom is -0.344 e. The van der Waals surface area contributed by atoms with Gasteiger partial charge in [-0.25, -0.2) is 9.97 Å². The molecule has 0 aliphatic carbocycles. The number of hydrogen-bond donors (Lipinski definition) is 0. The second-order valence-corrected chi connectivity index (χ2v) is 8.26. The molecule has 3 heterocycles. The lowest BCUT2D eigenvalue weighted by Crippen LogP contribution is -2.48. The first-order chi connectivity index (χ1) is 15.2. The van der Waals surface area contributed by atoms with Crippen molar-refractivity contribution in [1.29, 1.82) is 5.26 Å². The molecule has 0 unspecified atom stereocenters. The highest BCUT2D eigenvalue weighted by atomic mass is 32.1. The first kappa shape index (κ1) is 19.2. The molecular weight excluding hydrogens is 406 g/mol. The zero-order chi connectivity index (χ0) is 21.2. The lowest BCUT2D eigenvalue weighted by molar-refractivity contribution is 0.0747. The molecule has 0 radical (unpaired) electrons. The smallest absolute Gasteiger partial charge is 0.254 e. The summed E-state index contributed by atoms with van der Waals surface area (Å²) in [5.41, 5.74) is 3.69. The largest absolute Gasteiger partial charge is 0.344 e. The van der Waals surface area contributed by atoms with Crippen LogP contribution in [0.2, 0.25) is 0 Å². The Hall–Kier alpha value is -3.76. The lowest BCUT2D eigenvalue weighted by atomic mass is 9.95. The Balaban J connectivity index is 1.36. The van der Waals surface area contributed by atoms with Crippen LogP contribution in [-0.2, 0) is 0 Å². The molecule has 1 fully saturated rings. The Morgan fingerprint density at radius 1 is 0.935 bits per heavy atom. The minimum atomic E-state index is -0.00559. The molecule has 4 aromatic rings. The second kappa shape index (κ2) is 8.17. The van der Waals surface area contributed by atoms with E-state index in [1.54, 1.807) is 23.6 Å². The molecule has 1 aliphatic rings. The molecule has 0 bridgehead atoms. The van der Waals surface area contributed by atoms with Gasteiger partial charge >= 0.3 is 0 Å². The second-order valence-electron chi connectivity index (χ2n) is 7.31. The fraction of sp³-hybridized carbons (Fsp3) is 0.167. The quantitative estimate of drug-likeness (QED) is 0.492. The number of nitriles is 1. The number of thiazole rings is 1. The fourth-order valence-electron chi connectivity index (χ4n) is 3.88. The van der Waals surface area contributed by atoms with E-state index in [1.165, 1.54) is 0 Å². The molecule has 1 aliphatic heterocycles. The Kier molecular flexibility index (Phi) is 5.06. The SMILES string of the molecule is N#Cc1ccccc1-c1ccccc1C(=O)N1CCN(c2nc3cccnc3s2)CC1. The molecule has 2 aromatic carbocycles. The Morgan fingerprint density at radius 2 is 1.68 bits per heavy atom. The van der Waals surface area contributed by atoms with E-state index in [0.29, 0.717) is 24.2 Å². The summed E-state index contributed by atoms with van der Waals surface area (Å²) >= 11 is 1.58. The number of pyridine rings is 1. The molecule has 31 heavy (non-hydrogen) atoms. The van der Waals surface area contributed by atoms with E-state index in [-0.39, 0.29) is 5.91 Å². The van der Waals surface area contributed by atoms with Gasteiger partial charge in [0, 0.05) is 43.5 Å². The number of fused-ring (bicyclic) bond motifs is 1. The van der Waals surface area contributed by atoms with Crippen molar-refractivity contribution in [2.45, 2.75) is 0 Å². The molecule has 1 amide bonds. The van der Waals surface area contributed by atoms with Crippen molar-refractivity contribution in [3.8, 4) is 17.2 Å². The molecule has 0 N–H and O–H groups in total. The standard InChI is InChI=1S/C24H19N5OS/c25-16-17-6-1-2-7-18(17)19-8-3-4-9-20(19)23(30)28-12-14-29(15-13-28)24-27-21-10-5-11-26-22(21)31-24/h1-11H,12-15H2. The van der Waals surface area contributed by atoms with Crippen molar-refractivity contribution in [2.24, 2.45) is 0 Å². The lowest BCUT2D eigenvalue weighted by Gasteiger charge is -2.35. The van der Waals surface area contributed by atoms with Crippen molar-refractivity contribution in [3.05, 3.63) is 78.0 Å². The van der Waals surface area contributed by atoms with Crippen LogP contribution in [-0.4, -0.2) is 47.0 Å². The average molecular weight is 426 g/mol. The molecule has 2 aromatic heterocycles. The van der Waals surface area contributed by atoms with Gasteiger partial charge in [0.2, 0.25) is 0 Å². The zero-order valence-corrected chi connectivity index (χ0v) is 17.5. The van der Waals surface area contributed by atoms with Crippen LogP contribution in [0.3, 0.4) is 0 Å². The van der Waals surface area contributed by atoms with Crippen molar-refractivity contribution in [3.63, 3.8) is 0 Å². The number of hydrogen-bond acceptors (Lipinski definition) is 6. The normalized spacial score (nSPS) is 13.9. The van der Waals surface area contributed by atoms with Gasteiger partial charge in [-0.1, -0.05) is 47.7 Å². The summed E-state index contributed by atoms with van der Waals surface area (Å²) in [5, 5.41) is 10.4. The molecule has 5 rings (SSSR count). The molecule has 0 spiro atoms. The number of piperazine rings is 1. The van der Waals surface area contributed by atoms with E-state index >= 15 is 0 Å². The van der Waals surface area contributed by atoms with Gasteiger partial charge in [0.15, 0.2) is 5.13 Å². The monoisotopic (exact) mass is 425 g/mol. The van der Waals surface area contributed by atoms with E-state index in [9.17, 15) is 10.1 Å². The van der Waals surface area contributed by atoms with Gasteiger partial charge in [0.05, 0.1) is 11.6 Å². The summed E-state index contributed by atoms with van der Waals surface area (Å²) < 4.78 is 0. The average Bonchev–Trinajstić information content (AvgIpc) is 3.28. The first-order valence-electron chi connectivity index (χ1n) is 10.1. The number of rotatable bonds is 3. The molecule has 7 heteroatoms. The van der Waals surface area contributed by atoms with Crippen LogP contribution in [0.15, 0.2) is 66.9 Å². The van der Waals surface area contributed by atoms with Crippen molar-refractivity contribution in [2.75, 3.05) is 31.1 Å². The number of aromatic nitrogens is 2. The molecular formula is C24H19N5OS. The van der Waals surface area contributed by atoms with E-state index in [2.05, 4.69) is 20.9 Å². The van der Waals surface area contributed by atoms with Gasteiger partial charge in [-0.15, -0.1) is 0 Å². The Morgan fingerprint density at radius 3 is 2.45 bits per heavy atom. The summed E-state index contributed by atoms with van der Waals surface area (Å²) in [5.74, 6) is -0.00559. The molecule has 6 nitrogen and oxygen atoms in total. The molecule has 1 saturated heterocycles. The van der Waals surface area contributed by atoms with Crippen molar-refractivity contribution >= 4 is 32.7 Å². The number of anilines is 1. The van der Waals surface area contributed by atoms with Gasteiger partial charge in [-0.05, 0) is 29.8 Å². The Labute approximate surface area is 184 Å². The van der Waals surface area contributed by atoms with Crippen molar-refractivity contribution < 1.29 is 4.79 Å². The van der Waals surface area contributed by atoms with E-state index in [1.807, 2.05) is 59.5 Å². The van der Waals surface area contributed by atoms with Crippen LogP contribution in [0.4, 0.5) is 5.13 Å². The van der Waals surface area contributed by atoms with Crippen LogP contribution in [0.5, 0.6) is 0 Å². The maximum atomic E-state index is 13.4. The summed E-state index contributed by atoms with van der Waals surface area (Å²) in [6.45, 7) is 2.69. The number of carbonyl (C=O) groups is 1. The number of amides is 1. The third-order valence-corrected chi connectivity index (χ3v) is 6.53. The highest BCUT2D eigenvalue weighted by molar-refractivity contribution is 7.21. The summed E-state index contributed by atoms with van der Waals surface area (Å²) in [7, 11) is 0. The van der Waals surface area contributed by atoms with Crippen molar-refractivity contribution in [1.82, 2.24) is 14.9 Å². The topological polar surface area (TPSA) is 73.1 Å². The number of benzene rings is 2. The van der Waals surface area contributed by atoms with Gasteiger partial charge in [-0.2, -0.15) is 5.26 Å². The predicted molar refractivity (Wildman–Crippen MR) is 122 cm³/mol. The van der Waals surface area contributed by atoms with Crippen LogP contribution in [0.25, 0.3) is 21.5 Å². The molecule has 0 saturated carbocycles. The fourth-order valence-corrected chi connectivity index (χ4v) is 4.85. The predicted octanol–water partition coefficient (Wildman–Crippen LogP) is 4.19. The van der Waals surface area contributed by atoms with Crippen LogP contribution in [0, 0.1) is 11.3 Å². The molecule has 0 atom stereocenters. The number of nitrogens with zero attached hydrogens (tertiary/aromatic N) is 5. The van der Waals surface area contributed by atoms with Crippen LogP contribution in [0.1, 0.15) is 15.9 Å². The van der Waals surface area contributed by atoms with Crippen LogP contribution >= 0.6 is 11.3 Å². The summed E-state index contributed by atoms with van der Waals surface area (Å²) in [6.07, 6.45) is 1.78. The zero-order valence-electron chi connectivity index (χ0n) is 16.7. The number of carbonyl (C=O) groups excluding carboxylic acids is 1. The minimum absolute atomic E-state index is 0.00559. The summed E-state index contributed by atoms with van der Waals surface area (Å²) in [4.78, 5) is 27.5. The maximum Gasteiger partial charge on any atom is 0.254 e. The van der Waals surface area contributed by atoms with Gasteiger partial charge in [0.1, 0.15) is 10.3 Å². The Bertz CT molecular complexity index is 1270. The highest BCUT2D eigenvalue weighted by Gasteiger charge is 2.26. The third-order valence-electron chi connectivity index (χ3n) is 5.49. The van der Waals surface area contributed by atoms with Gasteiger partial charge in [0.25, 0.3) is 5.91 Å². The highest BCUT2D eigenvalue weighted by Crippen LogP contribution is 2.30. The van der Waals surface area contributed by atoms with Crippen LogP contribution < -0.4 is 4.90 Å². The molecule has 152 valence electrons. The first-order valence-corrected chi connectivity index (χ1v) is 10.9. The van der Waals surface area contributed by atoms with Gasteiger partial charge in [-0.3, -0.25) is 4.79 Å². The maximum absolute atomic E-state index is 13.4. The van der Waals surface area contributed by atoms with Gasteiger partial charge < -0.3 is 9.80 Å². The third kappa shape index (κ3) is 3.62. The van der Waals surface area contributed by atoms with E-state index < -0.39 is 0 Å². The summed E-state index contributed by atoms with van der Waals surface area (Å²) in [6, 6.07) is 21.0. The van der Waals surface area contributed by atoms with E-state index in [0.717, 1.165) is 39.7 Å². The van der Waals surface area contributed by atoms with E-state index in [4.69, 9.17) is 0 Å².